The number of nitrogens with one attached hydrogen (secondary N) is 1. The zero-order chi connectivity index (χ0) is 14.7. The Balaban J connectivity index is 1.82. The first-order valence-corrected chi connectivity index (χ1v) is 7.31. The van der Waals surface area contributed by atoms with Gasteiger partial charge in [-0.1, -0.05) is 13.0 Å². The van der Waals surface area contributed by atoms with E-state index in [0.717, 1.165) is 24.8 Å². The number of carbonyl (C=O) groups is 1. The molecule has 0 aliphatic heterocycles. The molecule has 2 heterocycles. The summed E-state index contributed by atoms with van der Waals surface area (Å²) < 4.78 is 0. The molecule has 0 saturated heterocycles. The third-order valence-electron chi connectivity index (χ3n) is 3.73. The molecule has 5 nitrogen and oxygen atoms in total. The highest BCUT2D eigenvalue weighted by molar-refractivity contribution is 5.93. The first kappa shape index (κ1) is 13.7. The van der Waals surface area contributed by atoms with Crippen LogP contribution in [-0.4, -0.2) is 20.9 Å². The number of hydrogen-bond acceptors (Lipinski definition) is 4. The number of nitrogens with zero attached hydrogens (tertiary/aromatic N) is 3. The van der Waals surface area contributed by atoms with E-state index in [1.165, 1.54) is 0 Å². The molecule has 1 aliphatic carbocycles. The third kappa shape index (κ3) is 3.07. The van der Waals surface area contributed by atoms with Gasteiger partial charge in [-0.15, -0.1) is 0 Å². The predicted octanol–water partition coefficient (Wildman–Crippen LogP) is 2.32. The van der Waals surface area contributed by atoms with Gasteiger partial charge in [0.25, 0.3) is 5.91 Å². The van der Waals surface area contributed by atoms with Gasteiger partial charge in [0.05, 0.1) is 6.04 Å². The van der Waals surface area contributed by atoms with E-state index in [1.54, 1.807) is 24.7 Å². The molecule has 1 saturated carbocycles. The Hall–Kier alpha value is -2.30. The van der Waals surface area contributed by atoms with Gasteiger partial charge in [0.1, 0.15) is 5.69 Å². The lowest BCUT2D eigenvalue weighted by molar-refractivity contribution is 0.0923. The van der Waals surface area contributed by atoms with Crippen molar-refractivity contribution in [3.63, 3.8) is 0 Å². The highest BCUT2D eigenvalue weighted by atomic mass is 16.2. The fraction of sp³-hybridized carbons (Fsp3) is 0.375. The zero-order valence-corrected chi connectivity index (χ0v) is 12.0. The molecule has 1 amide bonds. The summed E-state index contributed by atoms with van der Waals surface area (Å²) in [6.45, 7) is 2.02. The average molecular weight is 282 g/mol. The van der Waals surface area contributed by atoms with E-state index < -0.39 is 0 Å². The normalized spacial score (nSPS) is 15.5. The molecule has 0 aromatic carbocycles. The van der Waals surface area contributed by atoms with Crippen molar-refractivity contribution in [2.45, 2.75) is 32.2 Å². The second-order valence-electron chi connectivity index (χ2n) is 5.26. The minimum absolute atomic E-state index is 0.120. The summed E-state index contributed by atoms with van der Waals surface area (Å²) in [6.07, 6.45) is 8.06. The molecule has 5 heteroatoms. The van der Waals surface area contributed by atoms with Crippen LogP contribution in [0.3, 0.4) is 0 Å². The van der Waals surface area contributed by atoms with Crippen LogP contribution in [0.25, 0.3) is 0 Å². The first-order valence-electron chi connectivity index (χ1n) is 7.31. The van der Waals surface area contributed by atoms with Gasteiger partial charge in [-0.3, -0.25) is 9.78 Å². The lowest BCUT2D eigenvalue weighted by atomic mass is 10.1. The molecule has 21 heavy (non-hydrogen) atoms. The van der Waals surface area contributed by atoms with Gasteiger partial charge in [0.15, 0.2) is 5.82 Å². The lowest BCUT2D eigenvalue weighted by Crippen LogP contribution is -2.32. The summed E-state index contributed by atoms with van der Waals surface area (Å²) in [5.74, 6) is 0.976. The summed E-state index contributed by atoms with van der Waals surface area (Å²) in [5, 5.41) is 3.06. The molecule has 0 radical (unpaired) electrons. The standard InChI is InChI=1S/C16H18N4O/c1-2-11-5-3-8-17-14(11)16(21)20-13(12-6-7-12)15-18-9-4-10-19-15/h3-5,8-10,12-13H,2,6-7H2,1H3,(H,20,21). The molecule has 0 bridgehead atoms. The molecule has 2 aromatic rings. The Morgan fingerprint density at radius 3 is 2.62 bits per heavy atom. The van der Waals surface area contributed by atoms with Gasteiger partial charge in [-0.25, -0.2) is 9.97 Å². The number of amides is 1. The van der Waals surface area contributed by atoms with Crippen molar-refractivity contribution in [3.8, 4) is 0 Å². The summed E-state index contributed by atoms with van der Waals surface area (Å²) in [7, 11) is 0. The number of hydrogen-bond donors (Lipinski definition) is 1. The van der Waals surface area contributed by atoms with Crippen LogP contribution < -0.4 is 5.32 Å². The topological polar surface area (TPSA) is 67.8 Å². The van der Waals surface area contributed by atoms with E-state index in [1.807, 2.05) is 19.1 Å². The van der Waals surface area contributed by atoms with Gasteiger partial charge in [-0.05, 0) is 42.9 Å². The zero-order valence-electron chi connectivity index (χ0n) is 12.0. The van der Waals surface area contributed by atoms with Crippen LogP contribution in [0.15, 0.2) is 36.8 Å². The second kappa shape index (κ2) is 5.99. The number of rotatable bonds is 5. The van der Waals surface area contributed by atoms with Gasteiger partial charge in [-0.2, -0.15) is 0 Å². The quantitative estimate of drug-likeness (QED) is 0.913. The van der Waals surface area contributed by atoms with Crippen molar-refractivity contribution in [1.82, 2.24) is 20.3 Å². The monoisotopic (exact) mass is 282 g/mol. The van der Waals surface area contributed by atoms with Crippen LogP contribution >= 0.6 is 0 Å². The highest BCUT2D eigenvalue weighted by Crippen LogP contribution is 2.39. The van der Waals surface area contributed by atoms with Crippen molar-refractivity contribution in [1.29, 1.82) is 0 Å². The fourth-order valence-electron chi connectivity index (χ4n) is 2.43. The molecule has 1 N–H and O–H groups in total. The van der Waals surface area contributed by atoms with Crippen molar-refractivity contribution in [2.75, 3.05) is 0 Å². The van der Waals surface area contributed by atoms with Crippen LogP contribution in [0.2, 0.25) is 0 Å². The van der Waals surface area contributed by atoms with E-state index >= 15 is 0 Å². The van der Waals surface area contributed by atoms with Crippen LogP contribution in [0.5, 0.6) is 0 Å². The van der Waals surface area contributed by atoms with E-state index in [-0.39, 0.29) is 11.9 Å². The largest absolute Gasteiger partial charge is 0.340 e. The third-order valence-corrected chi connectivity index (χ3v) is 3.73. The van der Waals surface area contributed by atoms with Crippen LogP contribution in [0, 0.1) is 5.92 Å². The number of pyridine rings is 1. The van der Waals surface area contributed by atoms with Gasteiger partial charge < -0.3 is 5.32 Å². The maximum atomic E-state index is 12.5. The average Bonchev–Trinajstić information content (AvgIpc) is 3.38. The molecule has 108 valence electrons. The highest BCUT2D eigenvalue weighted by Gasteiger charge is 2.35. The van der Waals surface area contributed by atoms with E-state index in [2.05, 4.69) is 20.3 Å². The van der Waals surface area contributed by atoms with Crippen molar-refractivity contribution >= 4 is 5.91 Å². The first-order chi connectivity index (χ1) is 10.3. The molecule has 2 aromatic heterocycles. The molecule has 1 fully saturated rings. The maximum Gasteiger partial charge on any atom is 0.270 e. The van der Waals surface area contributed by atoms with Crippen molar-refractivity contribution < 1.29 is 4.79 Å². The summed E-state index contributed by atoms with van der Waals surface area (Å²) in [4.78, 5) is 25.3. The Labute approximate surface area is 123 Å². The SMILES string of the molecule is CCc1cccnc1C(=O)NC(c1ncccn1)C1CC1. The molecule has 1 atom stereocenters. The van der Waals surface area contributed by atoms with E-state index in [0.29, 0.717) is 17.4 Å². The second-order valence-corrected chi connectivity index (χ2v) is 5.26. The molecular weight excluding hydrogens is 264 g/mol. The number of carbonyl (C=O) groups excluding carboxylic acids is 1. The van der Waals surface area contributed by atoms with E-state index in [9.17, 15) is 4.79 Å². The van der Waals surface area contributed by atoms with Crippen LogP contribution in [0.1, 0.15) is 47.7 Å². The number of aryl methyl sites for hydroxylation is 1. The van der Waals surface area contributed by atoms with Gasteiger partial charge in [0.2, 0.25) is 0 Å². The Kier molecular flexibility index (Phi) is 3.90. The van der Waals surface area contributed by atoms with E-state index in [4.69, 9.17) is 0 Å². The van der Waals surface area contributed by atoms with Crippen LogP contribution in [-0.2, 0) is 6.42 Å². The molecule has 0 spiro atoms. The van der Waals surface area contributed by atoms with Gasteiger partial charge in [0, 0.05) is 18.6 Å². The summed E-state index contributed by atoms with van der Waals surface area (Å²) >= 11 is 0. The maximum absolute atomic E-state index is 12.5. The fourth-order valence-corrected chi connectivity index (χ4v) is 2.43. The minimum atomic E-state index is -0.142. The Morgan fingerprint density at radius 2 is 1.95 bits per heavy atom. The summed E-state index contributed by atoms with van der Waals surface area (Å²) in [6, 6.07) is 5.45. The lowest BCUT2D eigenvalue weighted by Gasteiger charge is -2.17. The summed E-state index contributed by atoms with van der Waals surface area (Å²) in [5.41, 5.74) is 1.46. The molecular formula is C16H18N4O. The predicted molar refractivity (Wildman–Crippen MR) is 78.6 cm³/mol. The van der Waals surface area contributed by atoms with Crippen molar-refractivity contribution in [3.05, 3.63) is 53.9 Å². The van der Waals surface area contributed by atoms with Crippen molar-refractivity contribution in [2.24, 2.45) is 5.92 Å². The number of aromatic nitrogens is 3. The molecule has 1 unspecified atom stereocenters. The Bertz CT molecular complexity index is 625. The van der Waals surface area contributed by atoms with Gasteiger partial charge >= 0.3 is 0 Å². The molecule has 3 rings (SSSR count). The Morgan fingerprint density at radius 1 is 1.24 bits per heavy atom. The smallest absolute Gasteiger partial charge is 0.270 e. The minimum Gasteiger partial charge on any atom is -0.340 e. The van der Waals surface area contributed by atoms with Crippen LogP contribution in [0.4, 0.5) is 0 Å². The molecule has 1 aliphatic rings.